The van der Waals surface area contributed by atoms with Gasteiger partial charge in [-0.25, -0.2) is 9.18 Å². The molecule has 9 heteroatoms. The summed E-state index contributed by atoms with van der Waals surface area (Å²) in [4.78, 5) is 25.0. The molecule has 2 aliphatic heterocycles. The third kappa shape index (κ3) is 4.66. The number of hydrogen-bond donors (Lipinski definition) is 1. The molecule has 32 heavy (non-hydrogen) atoms. The molecule has 0 bridgehead atoms. The highest BCUT2D eigenvalue weighted by atomic mass is 35.5. The molecule has 3 heterocycles. The number of rotatable bonds is 6. The van der Waals surface area contributed by atoms with Gasteiger partial charge in [-0.2, -0.15) is 5.10 Å². The summed E-state index contributed by atoms with van der Waals surface area (Å²) in [5.74, 6) is -1.34. The lowest BCUT2D eigenvalue weighted by molar-refractivity contribution is 0.0160. The predicted octanol–water partition coefficient (Wildman–Crippen LogP) is 3.57. The van der Waals surface area contributed by atoms with Crippen LogP contribution in [0.5, 0.6) is 0 Å². The van der Waals surface area contributed by atoms with Crippen LogP contribution in [0.2, 0.25) is 5.02 Å². The molecule has 1 aromatic heterocycles. The van der Waals surface area contributed by atoms with Gasteiger partial charge in [0.2, 0.25) is 0 Å². The Kier molecular flexibility index (Phi) is 6.81. The predicted molar refractivity (Wildman–Crippen MR) is 116 cm³/mol. The van der Waals surface area contributed by atoms with Gasteiger partial charge in [-0.05, 0) is 62.6 Å². The summed E-state index contributed by atoms with van der Waals surface area (Å²) in [6.45, 7) is 4.77. The van der Waals surface area contributed by atoms with Gasteiger partial charge in [0.25, 0.3) is 5.91 Å². The van der Waals surface area contributed by atoms with Gasteiger partial charge in [0.05, 0.1) is 22.9 Å². The van der Waals surface area contributed by atoms with Gasteiger partial charge in [0.15, 0.2) is 0 Å². The zero-order valence-electron chi connectivity index (χ0n) is 18.1. The molecule has 0 atom stereocenters. The maximum absolute atomic E-state index is 13.6. The lowest BCUT2D eigenvalue weighted by Crippen LogP contribution is -2.40. The smallest absolute Gasteiger partial charge is 0.338 e. The molecule has 1 aromatic carbocycles. The Hall–Kier alpha value is -2.45. The number of aromatic nitrogens is 2. The zero-order valence-corrected chi connectivity index (χ0v) is 18.8. The Balaban J connectivity index is 1.44. The number of amides is 1. The van der Waals surface area contributed by atoms with E-state index in [1.807, 2.05) is 6.92 Å². The topological polar surface area (TPSA) is 82.5 Å². The van der Waals surface area contributed by atoms with Crippen LogP contribution in [-0.2, 0) is 28.9 Å². The second-order valence-electron chi connectivity index (χ2n) is 8.43. The number of carbonyl (C=O) groups is 2. The Labute approximate surface area is 191 Å². The number of nitrogens with one attached hydrogen (secondary N) is 1. The molecule has 0 radical (unpaired) electrons. The summed E-state index contributed by atoms with van der Waals surface area (Å²) in [5.41, 5.74) is 2.61. The molecular weight excluding hydrogens is 437 g/mol. The Bertz CT molecular complexity index is 1020. The van der Waals surface area contributed by atoms with Crippen LogP contribution in [0.25, 0.3) is 0 Å². The first-order valence-electron chi connectivity index (χ1n) is 11.0. The minimum absolute atomic E-state index is 0.0133. The molecule has 172 valence electrons. The van der Waals surface area contributed by atoms with E-state index in [9.17, 15) is 14.0 Å². The number of ether oxygens (including phenoxy) is 2. The summed E-state index contributed by atoms with van der Waals surface area (Å²) in [6.07, 6.45) is 3.71. The third-order valence-corrected chi connectivity index (χ3v) is 6.63. The van der Waals surface area contributed by atoms with Crippen LogP contribution in [0.3, 0.4) is 0 Å². The molecule has 1 N–H and O–H groups in total. The highest BCUT2D eigenvalue weighted by molar-refractivity contribution is 6.30. The fourth-order valence-corrected chi connectivity index (χ4v) is 4.59. The normalized spacial score (nSPS) is 17.5. The summed E-state index contributed by atoms with van der Waals surface area (Å²) in [7, 11) is 0. The van der Waals surface area contributed by atoms with Crippen molar-refractivity contribution >= 4 is 23.5 Å². The quantitative estimate of drug-likeness (QED) is 0.523. The van der Waals surface area contributed by atoms with E-state index in [4.69, 9.17) is 26.2 Å². The van der Waals surface area contributed by atoms with E-state index in [-0.39, 0.29) is 28.5 Å². The number of hydrogen-bond acceptors (Lipinski definition) is 5. The maximum atomic E-state index is 13.6. The fraction of sp³-hybridized carbons (Fsp3) is 0.522. The van der Waals surface area contributed by atoms with Crippen molar-refractivity contribution in [2.75, 3.05) is 26.4 Å². The van der Waals surface area contributed by atoms with Gasteiger partial charge in [-0.1, -0.05) is 11.6 Å². The number of carbonyl (C=O) groups excluding carboxylic acids is 2. The summed E-state index contributed by atoms with van der Waals surface area (Å²) >= 11 is 5.66. The Morgan fingerprint density at radius 2 is 2.16 bits per heavy atom. The van der Waals surface area contributed by atoms with Crippen LogP contribution in [-0.4, -0.2) is 48.0 Å². The van der Waals surface area contributed by atoms with Crippen molar-refractivity contribution in [3.05, 3.63) is 51.6 Å². The summed E-state index contributed by atoms with van der Waals surface area (Å²) in [6, 6.07) is 3.83. The van der Waals surface area contributed by atoms with Gasteiger partial charge in [0, 0.05) is 31.9 Å². The van der Waals surface area contributed by atoms with Crippen molar-refractivity contribution in [1.82, 2.24) is 15.1 Å². The molecule has 7 nitrogen and oxygen atoms in total. The lowest BCUT2D eigenvalue weighted by Gasteiger charge is -2.36. The van der Waals surface area contributed by atoms with Gasteiger partial charge in [-0.3, -0.25) is 9.48 Å². The fourth-order valence-electron chi connectivity index (χ4n) is 4.48. The first kappa shape index (κ1) is 22.7. The van der Waals surface area contributed by atoms with Crippen molar-refractivity contribution < 1.29 is 23.5 Å². The van der Waals surface area contributed by atoms with E-state index in [1.54, 1.807) is 4.68 Å². The average molecular weight is 464 g/mol. The van der Waals surface area contributed by atoms with E-state index in [0.29, 0.717) is 44.8 Å². The highest BCUT2D eigenvalue weighted by Gasteiger charge is 2.39. The maximum Gasteiger partial charge on any atom is 0.338 e. The molecule has 1 saturated heterocycles. The standard InChI is InChI=1S/C23H27ClFN3O4/c1-2-28-20-16(13-23(14-26-21(20)29)7-10-31-11-8-23)19(27-28)4-3-9-32-22(30)15-5-6-17(24)18(25)12-15/h5-6,12H,2-4,7-11,13-14H2,1H3,(H,26,29). The molecule has 1 spiro atoms. The Morgan fingerprint density at radius 1 is 1.38 bits per heavy atom. The molecule has 4 rings (SSSR count). The van der Waals surface area contributed by atoms with Crippen LogP contribution >= 0.6 is 11.6 Å². The second-order valence-corrected chi connectivity index (χ2v) is 8.84. The zero-order chi connectivity index (χ0) is 22.7. The molecule has 0 unspecified atom stereocenters. The van der Waals surface area contributed by atoms with Crippen molar-refractivity contribution in [3.63, 3.8) is 0 Å². The third-order valence-electron chi connectivity index (χ3n) is 6.32. The van der Waals surface area contributed by atoms with Crippen LogP contribution in [0.4, 0.5) is 4.39 Å². The largest absolute Gasteiger partial charge is 0.462 e. The summed E-state index contributed by atoms with van der Waals surface area (Å²) in [5, 5.41) is 7.75. The van der Waals surface area contributed by atoms with Gasteiger partial charge < -0.3 is 14.8 Å². The van der Waals surface area contributed by atoms with Crippen molar-refractivity contribution in [2.45, 2.75) is 45.6 Å². The van der Waals surface area contributed by atoms with E-state index >= 15 is 0 Å². The van der Waals surface area contributed by atoms with E-state index in [1.165, 1.54) is 12.1 Å². The number of fused-ring (bicyclic) bond motifs is 1. The van der Waals surface area contributed by atoms with E-state index in [0.717, 1.165) is 36.6 Å². The van der Waals surface area contributed by atoms with E-state index in [2.05, 4.69) is 5.32 Å². The number of benzene rings is 1. The van der Waals surface area contributed by atoms with Crippen LogP contribution in [0.15, 0.2) is 18.2 Å². The van der Waals surface area contributed by atoms with Gasteiger partial charge in [-0.15, -0.1) is 0 Å². The average Bonchev–Trinajstić information content (AvgIpc) is 3.07. The van der Waals surface area contributed by atoms with Gasteiger partial charge in [0.1, 0.15) is 11.5 Å². The van der Waals surface area contributed by atoms with Gasteiger partial charge >= 0.3 is 5.97 Å². The van der Waals surface area contributed by atoms with Crippen molar-refractivity contribution in [3.8, 4) is 0 Å². The highest BCUT2D eigenvalue weighted by Crippen LogP contribution is 2.37. The molecule has 0 saturated carbocycles. The second kappa shape index (κ2) is 9.58. The molecule has 1 fully saturated rings. The molecule has 1 amide bonds. The first-order chi connectivity index (χ1) is 15.4. The first-order valence-corrected chi connectivity index (χ1v) is 11.4. The van der Waals surface area contributed by atoms with Crippen LogP contribution in [0.1, 0.15) is 58.3 Å². The lowest BCUT2D eigenvalue weighted by atomic mass is 9.75. The molecular formula is C23H27ClFN3O4. The van der Waals surface area contributed by atoms with Crippen molar-refractivity contribution in [2.24, 2.45) is 5.41 Å². The van der Waals surface area contributed by atoms with Crippen LogP contribution < -0.4 is 5.32 Å². The van der Waals surface area contributed by atoms with E-state index < -0.39 is 11.8 Å². The minimum atomic E-state index is -0.658. The Morgan fingerprint density at radius 3 is 2.88 bits per heavy atom. The molecule has 0 aliphatic carbocycles. The molecule has 2 aliphatic rings. The number of esters is 1. The summed E-state index contributed by atoms with van der Waals surface area (Å²) < 4.78 is 26.2. The SMILES string of the molecule is CCn1nc(CCCOC(=O)c2ccc(Cl)c(F)c2)c2c1C(=O)NCC1(CCOCC1)C2. The number of aryl methyl sites for hydroxylation is 2. The number of halogens is 2. The molecule has 2 aromatic rings. The monoisotopic (exact) mass is 463 g/mol. The minimum Gasteiger partial charge on any atom is -0.462 e. The van der Waals surface area contributed by atoms with Crippen LogP contribution in [0, 0.1) is 11.2 Å². The van der Waals surface area contributed by atoms with Crippen molar-refractivity contribution in [1.29, 1.82) is 0 Å². The number of nitrogens with zero attached hydrogens (tertiary/aromatic N) is 2.